The Bertz CT molecular complexity index is 1320. The zero-order chi connectivity index (χ0) is 27.9. The molecular weight excluding hydrogens is 590 g/mol. The third-order valence-electron chi connectivity index (χ3n) is 8.84. The second-order valence-electron chi connectivity index (χ2n) is 11.4. The Balaban J connectivity index is 1.18. The van der Waals surface area contributed by atoms with Gasteiger partial charge < -0.3 is 25.2 Å². The lowest BCUT2D eigenvalue weighted by molar-refractivity contribution is 0.0982. The number of rotatable bonds is 6. The van der Waals surface area contributed by atoms with Gasteiger partial charge in [-0.1, -0.05) is 17.7 Å². The quantitative estimate of drug-likeness (QED) is 0.437. The number of halogens is 2. The lowest BCUT2D eigenvalue weighted by atomic mass is 10.0. The van der Waals surface area contributed by atoms with E-state index in [1.54, 1.807) is 13.3 Å². The van der Waals surface area contributed by atoms with Crippen molar-refractivity contribution in [2.45, 2.75) is 43.9 Å². The molecule has 0 amide bonds. The van der Waals surface area contributed by atoms with E-state index >= 15 is 0 Å². The van der Waals surface area contributed by atoms with Crippen LogP contribution in [-0.4, -0.2) is 75.5 Å². The Labute approximate surface area is 250 Å². The third-order valence-corrected chi connectivity index (χ3v) is 9.76. The Morgan fingerprint density at radius 3 is 2.58 bits per heavy atom. The molecule has 8 nitrogen and oxygen atoms in total. The van der Waals surface area contributed by atoms with Crippen LogP contribution in [0.5, 0.6) is 5.75 Å². The number of nitrogens with one attached hydrogen (secondary N) is 2. The number of ether oxygens (including phenoxy) is 1. The van der Waals surface area contributed by atoms with Crippen LogP contribution in [0.4, 0.5) is 11.4 Å². The van der Waals surface area contributed by atoms with Crippen molar-refractivity contribution < 1.29 is 4.74 Å². The summed E-state index contributed by atoms with van der Waals surface area (Å²) in [6, 6.07) is 11.2. The molecule has 1 unspecified atom stereocenters. The molecule has 1 atom stereocenters. The first-order valence-corrected chi connectivity index (χ1v) is 15.5. The van der Waals surface area contributed by atoms with Crippen molar-refractivity contribution in [2.24, 2.45) is 10.7 Å². The van der Waals surface area contributed by atoms with E-state index in [-0.39, 0.29) is 0 Å². The predicted molar refractivity (Wildman–Crippen MR) is 167 cm³/mol. The van der Waals surface area contributed by atoms with Crippen LogP contribution in [0.25, 0.3) is 0 Å². The fourth-order valence-corrected chi connectivity index (χ4v) is 7.18. The maximum Gasteiger partial charge on any atom is 0.214 e. The van der Waals surface area contributed by atoms with Crippen LogP contribution in [0.1, 0.15) is 36.0 Å². The minimum Gasteiger partial charge on any atom is -0.496 e. The highest BCUT2D eigenvalue weighted by atomic mass is 79.9. The minimum absolute atomic E-state index is 0.472. The molecule has 40 heavy (non-hydrogen) atoms. The summed E-state index contributed by atoms with van der Waals surface area (Å²) in [6.07, 6.45) is 7.39. The van der Waals surface area contributed by atoms with Crippen molar-refractivity contribution in [2.75, 3.05) is 63.6 Å². The largest absolute Gasteiger partial charge is 0.496 e. The molecule has 0 spiro atoms. The van der Waals surface area contributed by atoms with Crippen molar-refractivity contribution in [1.82, 2.24) is 15.1 Å². The second kappa shape index (κ2) is 11.5. The number of fused-ring (bicyclic) bond motifs is 1. The summed E-state index contributed by atoms with van der Waals surface area (Å²) < 4.78 is 6.85. The molecular formula is C30H39BrClN7O. The number of aryl methyl sites for hydroxylation is 2. The summed E-state index contributed by atoms with van der Waals surface area (Å²) in [4.78, 5) is 12.1. The van der Waals surface area contributed by atoms with Crippen LogP contribution in [0.3, 0.4) is 0 Å². The molecule has 2 aromatic carbocycles. The van der Waals surface area contributed by atoms with Crippen LogP contribution in [0, 0.1) is 0 Å². The predicted octanol–water partition coefficient (Wildman–Crippen LogP) is 4.43. The van der Waals surface area contributed by atoms with E-state index in [1.807, 2.05) is 6.07 Å². The number of allylic oxidation sites excluding steroid dienone is 1. The Morgan fingerprint density at radius 1 is 1.07 bits per heavy atom. The van der Waals surface area contributed by atoms with Gasteiger partial charge in [-0.15, -0.1) is 0 Å². The van der Waals surface area contributed by atoms with E-state index in [0.717, 1.165) is 73.3 Å². The zero-order valence-electron chi connectivity index (χ0n) is 23.4. The van der Waals surface area contributed by atoms with Crippen LogP contribution < -0.4 is 26.0 Å². The Morgan fingerprint density at radius 2 is 1.82 bits per heavy atom. The minimum atomic E-state index is -1.25. The van der Waals surface area contributed by atoms with E-state index in [9.17, 15) is 0 Å². The maximum absolute atomic E-state index is 6.90. The molecule has 0 bridgehead atoms. The fraction of sp³-hybridized carbons (Fsp3) is 0.500. The number of nitrogens with zero attached hydrogens (tertiary/aromatic N) is 4. The number of hydrogen-bond acceptors (Lipinski definition) is 8. The van der Waals surface area contributed by atoms with Gasteiger partial charge in [0.1, 0.15) is 11.6 Å². The molecule has 10 heteroatoms. The molecule has 0 saturated carbocycles. The molecule has 214 valence electrons. The van der Waals surface area contributed by atoms with Crippen LogP contribution in [0.15, 0.2) is 50.7 Å². The standard InChI is InChI=1S/C30H39BrClN7O/c1-37-12-14-38(15-13-37)23-8-10-39(11-9-23)27-18-28(40-2)24(17-25(27)31)30(33)34-19-26(32)29(36-30)35-22-7-6-20-4-3-5-21(20)16-22/h6-7,16-19,23,35-36H,3-5,8-15,33H2,1-2H3. The number of aliphatic imine (C=N–C) groups is 1. The van der Waals surface area contributed by atoms with Crippen molar-refractivity contribution in [3.63, 3.8) is 0 Å². The van der Waals surface area contributed by atoms with Gasteiger partial charge in [-0.3, -0.25) is 10.6 Å². The van der Waals surface area contributed by atoms with Gasteiger partial charge in [-0.05, 0) is 84.4 Å². The number of anilines is 2. The van der Waals surface area contributed by atoms with Crippen molar-refractivity contribution in [1.29, 1.82) is 0 Å². The molecule has 1 aliphatic carbocycles. The number of piperidine rings is 1. The summed E-state index contributed by atoms with van der Waals surface area (Å²) in [5, 5.41) is 7.25. The highest BCUT2D eigenvalue weighted by Crippen LogP contribution is 2.40. The normalized spacial score (nSPS) is 24.3. The average molecular weight is 629 g/mol. The van der Waals surface area contributed by atoms with E-state index in [0.29, 0.717) is 22.6 Å². The van der Waals surface area contributed by atoms with Crippen LogP contribution in [0.2, 0.25) is 0 Å². The average Bonchev–Trinajstić information content (AvgIpc) is 3.44. The van der Waals surface area contributed by atoms with Gasteiger partial charge in [-0.2, -0.15) is 0 Å². The molecule has 2 fully saturated rings. The van der Waals surface area contributed by atoms with E-state index < -0.39 is 5.79 Å². The molecule has 0 radical (unpaired) electrons. The summed E-state index contributed by atoms with van der Waals surface area (Å²) >= 11 is 10.4. The molecule has 4 aliphatic rings. The first-order chi connectivity index (χ1) is 19.3. The van der Waals surface area contributed by atoms with Gasteiger partial charge in [0.2, 0.25) is 5.79 Å². The first kappa shape index (κ1) is 27.8. The van der Waals surface area contributed by atoms with Gasteiger partial charge in [0, 0.05) is 67.8 Å². The molecule has 4 N–H and O–H groups in total. The van der Waals surface area contributed by atoms with Crippen LogP contribution >= 0.6 is 27.5 Å². The molecule has 6 rings (SSSR count). The molecule has 3 aliphatic heterocycles. The number of benzene rings is 2. The smallest absolute Gasteiger partial charge is 0.214 e. The monoisotopic (exact) mass is 627 g/mol. The SMILES string of the molecule is COc1cc(N2CCC(N3CCN(C)CC3)CC2)c(Br)cc1C1(N)N=CC(Cl)=C(Nc2ccc3c(c2)CCC3)N1. The summed E-state index contributed by atoms with van der Waals surface area (Å²) in [7, 11) is 3.89. The molecule has 0 aromatic heterocycles. The zero-order valence-corrected chi connectivity index (χ0v) is 25.7. The lowest BCUT2D eigenvalue weighted by Crippen LogP contribution is -2.52. The van der Waals surface area contributed by atoms with Gasteiger partial charge >= 0.3 is 0 Å². The molecule has 2 aromatic rings. The summed E-state index contributed by atoms with van der Waals surface area (Å²) in [6.45, 7) is 6.67. The van der Waals surface area contributed by atoms with E-state index in [2.05, 4.69) is 77.6 Å². The first-order valence-electron chi connectivity index (χ1n) is 14.3. The third kappa shape index (κ3) is 5.59. The highest BCUT2D eigenvalue weighted by Gasteiger charge is 2.35. The van der Waals surface area contributed by atoms with E-state index in [1.165, 1.54) is 30.6 Å². The maximum atomic E-state index is 6.90. The Kier molecular flexibility index (Phi) is 8.03. The highest BCUT2D eigenvalue weighted by molar-refractivity contribution is 9.10. The van der Waals surface area contributed by atoms with Crippen molar-refractivity contribution >= 4 is 45.1 Å². The lowest BCUT2D eigenvalue weighted by Gasteiger charge is -2.43. The summed E-state index contributed by atoms with van der Waals surface area (Å²) in [5.41, 5.74) is 12.5. The number of nitrogens with two attached hydrogens (primary N) is 1. The summed E-state index contributed by atoms with van der Waals surface area (Å²) in [5.74, 6) is 0.0462. The topological polar surface area (TPSA) is 81.4 Å². The number of likely N-dealkylation sites (N-methyl/N-ethyl adjacent to an activating group) is 1. The Hall–Kier alpha value is -2.30. The van der Waals surface area contributed by atoms with E-state index in [4.69, 9.17) is 22.1 Å². The van der Waals surface area contributed by atoms with Gasteiger partial charge in [0.15, 0.2) is 0 Å². The van der Waals surface area contributed by atoms with Crippen molar-refractivity contribution in [3.05, 3.63) is 62.3 Å². The van der Waals surface area contributed by atoms with Gasteiger partial charge in [0.05, 0.1) is 23.4 Å². The van der Waals surface area contributed by atoms with Gasteiger partial charge in [0.25, 0.3) is 0 Å². The fourth-order valence-electron chi connectivity index (χ4n) is 6.44. The second-order valence-corrected chi connectivity index (χ2v) is 12.7. The van der Waals surface area contributed by atoms with Gasteiger partial charge in [-0.25, -0.2) is 4.99 Å². The number of methoxy groups -OCH3 is 1. The molecule has 2 saturated heterocycles. The number of hydrogen-bond donors (Lipinski definition) is 3. The van der Waals surface area contributed by atoms with Crippen LogP contribution in [-0.2, 0) is 18.6 Å². The number of piperazine rings is 1. The molecule has 3 heterocycles. The van der Waals surface area contributed by atoms with Crippen molar-refractivity contribution in [3.8, 4) is 5.75 Å².